The summed E-state index contributed by atoms with van der Waals surface area (Å²) in [4.78, 5) is 27.5. The van der Waals surface area contributed by atoms with Crippen LogP contribution in [0.5, 0.6) is 0 Å². The van der Waals surface area contributed by atoms with Gasteiger partial charge in [0.1, 0.15) is 0 Å². The summed E-state index contributed by atoms with van der Waals surface area (Å²) in [7, 11) is 0. The molecular formula is C26H29NO4. The second-order valence-electron chi connectivity index (χ2n) is 7.96. The van der Waals surface area contributed by atoms with Crippen molar-refractivity contribution in [3.05, 3.63) is 88.7 Å². The van der Waals surface area contributed by atoms with E-state index in [-0.39, 0.29) is 17.5 Å². The van der Waals surface area contributed by atoms with Crippen molar-refractivity contribution in [1.82, 2.24) is 4.90 Å². The van der Waals surface area contributed by atoms with Crippen LogP contribution in [0.4, 0.5) is 0 Å². The van der Waals surface area contributed by atoms with Crippen molar-refractivity contribution < 1.29 is 19.4 Å². The van der Waals surface area contributed by atoms with Gasteiger partial charge in [0, 0.05) is 13.2 Å². The molecule has 2 aromatic rings. The molecule has 0 saturated carbocycles. The summed E-state index contributed by atoms with van der Waals surface area (Å²) in [6, 6.07) is 16.5. The molecule has 5 nitrogen and oxygen atoms in total. The van der Waals surface area contributed by atoms with Crippen LogP contribution in [0.25, 0.3) is 6.08 Å². The molecule has 1 aliphatic heterocycles. The maximum absolute atomic E-state index is 13.1. The third-order valence-corrected chi connectivity index (χ3v) is 5.18. The van der Waals surface area contributed by atoms with Crippen molar-refractivity contribution in [2.24, 2.45) is 0 Å². The molecule has 0 saturated heterocycles. The van der Waals surface area contributed by atoms with E-state index in [1.807, 2.05) is 75.4 Å². The number of carbonyl (C=O) groups is 2. The van der Waals surface area contributed by atoms with Gasteiger partial charge >= 0.3 is 0 Å². The zero-order valence-electron chi connectivity index (χ0n) is 18.2. The number of aryl methyl sites for hydroxylation is 1. The fourth-order valence-electron chi connectivity index (χ4n) is 3.61. The quantitative estimate of drug-likeness (QED) is 0.469. The fourth-order valence-corrected chi connectivity index (χ4v) is 3.61. The number of ketones is 1. The van der Waals surface area contributed by atoms with E-state index in [2.05, 4.69) is 0 Å². The normalized spacial score (nSPS) is 16.7. The lowest BCUT2D eigenvalue weighted by atomic mass is 9.95. The Morgan fingerprint density at radius 1 is 1.13 bits per heavy atom. The lowest BCUT2D eigenvalue weighted by Gasteiger charge is -2.27. The van der Waals surface area contributed by atoms with Crippen molar-refractivity contribution >= 4 is 17.8 Å². The van der Waals surface area contributed by atoms with Gasteiger partial charge in [-0.3, -0.25) is 9.59 Å². The summed E-state index contributed by atoms with van der Waals surface area (Å²) in [5.41, 5.74) is 2.86. The highest BCUT2D eigenvalue weighted by Crippen LogP contribution is 2.38. The minimum Gasteiger partial charge on any atom is -0.503 e. The highest BCUT2D eigenvalue weighted by atomic mass is 16.5. The van der Waals surface area contributed by atoms with E-state index >= 15 is 0 Å². The molecule has 1 aliphatic rings. The average molecular weight is 420 g/mol. The molecule has 31 heavy (non-hydrogen) atoms. The van der Waals surface area contributed by atoms with Gasteiger partial charge in [0.15, 0.2) is 11.5 Å². The first-order valence-electron chi connectivity index (χ1n) is 10.6. The van der Waals surface area contributed by atoms with Crippen LogP contribution in [0, 0.1) is 6.92 Å². The maximum Gasteiger partial charge on any atom is 0.290 e. The number of hydrogen-bond donors (Lipinski definition) is 1. The van der Waals surface area contributed by atoms with Gasteiger partial charge in [0.2, 0.25) is 0 Å². The monoisotopic (exact) mass is 419 g/mol. The van der Waals surface area contributed by atoms with Crippen molar-refractivity contribution in [2.75, 3.05) is 13.2 Å². The molecule has 1 amide bonds. The van der Waals surface area contributed by atoms with Gasteiger partial charge in [-0.25, -0.2) is 0 Å². The highest BCUT2D eigenvalue weighted by Gasteiger charge is 2.42. The molecular weight excluding hydrogens is 390 g/mol. The van der Waals surface area contributed by atoms with E-state index in [0.717, 1.165) is 16.7 Å². The SMILES string of the molecule is Cc1ccc([C@H]2C(C(=O)/C=C/c3ccccc3)=C(O)C(=O)N2CCCOC(C)C)cc1. The minimum atomic E-state index is -0.625. The van der Waals surface area contributed by atoms with Crippen molar-refractivity contribution in [3.8, 4) is 0 Å². The number of amides is 1. The van der Waals surface area contributed by atoms with Crippen LogP contribution < -0.4 is 0 Å². The topological polar surface area (TPSA) is 66.8 Å². The minimum absolute atomic E-state index is 0.106. The van der Waals surface area contributed by atoms with Crippen LogP contribution in [-0.2, 0) is 14.3 Å². The van der Waals surface area contributed by atoms with Gasteiger partial charge in [0.05, 0.1) is 17.7 Å². The van der Waals surface area contributed by atoms with Crippen LogP contribution in [0.15, 0.2) is 72.0 Å². The van der Waals surface area contributed by atoms with E-state index < -0.39 is 17.7 Å². The standard InChI is InChI=1S/C26H29NO4/c1-18(2)31-17-7-16-27-24(21-13-10-19(3)11-14-21)23(25(29)26(27)30)22(28)15-12-20-8-5-4-6-9-20/h4-6,8-15,18,24,29H,7,16-17H2,1-3H3/b15-12+/t24-/m0/s1. The summed E-state index contributed by atoms with van der Waals surface area (Å²) < 4.78 is 5.59. The molecule has 0 radical (unpaired) electrons. The van der Waals surface area contributed by atoms with Gasteiger partial charge in [-0.2, -0.15) is 0 Å². The van der Waals surface area contributed by atoms with E-state index in [0.29, 0.717) is 19.6 Å². The Bertz CT molecular complexity index is 974. The molecule has 5 heteroatoms. The lowest BCUT2D eigenvalue weighted by Crippen LogP contribution is -2.32. The Hall–Kier alpha value is -3.18. The van der Waals surface area contributed by atoms with Gasteiger partial charge in [-0.15, -0.1) is 0 Å². The van der Waals surface area contributed by atoms with Crippen molar-refractivity contribution in [2.45, 2.75) is 39.3 Å². The molecule has 1 atom stereocenters. The molecule has 2 aromatic carbocycles. The van der Waals surface area contributed by atoms with E-state index in [1.54, 1.807) is 11.0 Å². The molecule has 1 N–H and O–H groups in total. The second-order valence-corrected chi connectivity index (χ2v) is 7.96. The van der Waals surface area contributed by atoms with Crippen LogP contribution in [-0.4, -0.2) is 41.0 Å². The van der Waals surface area contributed by atoms with Gasteiger partial charge in [-0.05, 0) is 44.4 Å². The van der Waals surface area contributed by atoms with Gasteiger partial charge in [0.25, 0.3) is 5.91 Å². The van der Waals surface area contributed by atoms with Crippen molar-refractivity contribution in [1.29, 1.82) is 0 Å². The van der Waals surface area contributed by atoms with E-state index in [9.17, 15) is 14.7 Å². The molecule has 0 aliphatic carbocycles. The molecule has 0 bridgehead atoms. The Morgan fingerprint density at radius 2 is 1.81 bits per heavy atom. The average Bonchev–Trinajstić information content (AvgIpc) is 3.01. The first kappa shape index (κ1) is 22.5. The number of aliphatic hydroxyl groups excluding tert-OH is 1. The summed E-state index contributed by atoms with van der Waals surface area (Å²) in [5.74, 6) is -1.37. The summed E-state index contributed by atoms with van der Waals surface area (Å²) >= 11 is 0. The van der Waals surface area contributed by atoms with Crippen LogP contribution in [0.3, 0.4) is 0 Å². The van der Waals surface area contributed by atoms with Crippen LogP contribution >= 0.6 is 0 Å². The zero-order valence-corrected chi connectivity index (χ0v) is 18.2. The highest BCUT2D eigenvalue weighted by molar-refractivity contribution is 6.14. The Labute approximate surface area is 183 Å². The predicted octanol–water partition coefficient (Wildman–Crippen LogP) is 4.79. The van der Waals surface area contributed by atoms with Gasteiger partial charge < -0.3 is 14.7 Å². The summed E-state index contributed by atoms with van der Waals surface area (Å²) in [5, 5.41) is 10.6. The third-order valence-electron chi connectivity index (χ3n) is 5.18. The number of nitrogens with zero attached hydrogens (tertiary/aromatic N) is 1. The smallest absolute Gasteiger partial charge is 0.290 e. The zero-order chi connectivity index (χ0) is 22.4. The lowest BCUT2D eigenvalue weighted by molar-refractivity contribution is -0.129. The molecule has 0 spiro atoms. The Morgan fingerprint density at radius 3 is 2.45 bits per heavy atom. The van der Waals surface area contributed by atoms with Crippen LogP contribution in [0.1, 0.15) is 43.0 Å². The maximum atomic E-state index is 13.1. The predicted molar refractivity (Wildman–Crippen MR) is 121 cm³/mol. The largest absolute Gasteiger partial charge is 0.503 e. The number of allylic oxidation sites excluding steroid dienone is 1. The molecule has 0 fully saturated rings. The van der Waals surface area contributed by atoms with Gasteiger partial charge in [-0.1, -0.05) is 66.2 Å². The third kappa shape index (κ3) is 5.50. The number of hydrogen-bond acceptors (Lipinski definition) is 4. The number of rotatable bonds is 9. The summed E-state index contributed by atoms with van der Waals surface area (Å²) in [6.45, 7) is 6.78. The summed E-state index contributed by atoms with van der Waals surface area (Å²) in [6.07, 6.45) is 3.83. The number of carbonyl (C=O) groups excluding carboxylic acids is 2. The number of ether oxygens (including phenoxy) is 1. The second kappa shape index (κ2) is 10.2. The van der Waals surface area contributed by atoms with E-state index in [1.165, 1.54) is 6.08 Å². The van der Waals surface area contributed by atoms with Crippen LogP contribution in [0.2, 0.25) is 0 Å². The van der Waals surface area contributed by atoms with Crippen molar-refractivity contribution in [3.63, 3.8) is 0 Å². The molecule has 162 valence electrons. The fraction of sp³-hybridized carbons (Fsp3) is 0.308. The number of benzene rings is 2. The molecule has 1 heterocycles. The Balaban J connectivity index is 1.89. The number of aliphatic hydroxyl groups is 1. The Kier molecular flexibility index (Phi) is 7.42. The molecule has 0 aromatic heterocycles. The van der Waals surface area contributed by atoms with E-state index in [4.69, 9.17) is 4.74 Å². The first-order chi connectivity index (χ1) is 14.9. The first-order valence-corrected chi connectivity index (χ1v) is 10.6. The molecule has 0 unspecified atom stereocenters. The molecule has 3 rings (SSSR count).